The summed E-state index contributed by atoms with van der Waals surface area (Å²) in [6.07, 6.45) is 4.95. The quantitative estimate of drug-likeness (QED) is 0.681. The lowest BCUT2D eigenvalue weighted by molar-refractivity contribution is 1.14. The molecule has 1 heterocycles. The highest BCUT2D eigenvalue weighted by molar-refractivity contribution is 5.84. The molecule has 22 heavy (non-hydrogen) atoms. The molecule has 0 N–H and O–H groups in total. The van der Waals surface area contributed by atoms with Crippen molar-refractivity contribution in [2.24, 2.45) is 9.98 Å². The maximum atomic E-state index is 4.38. The lowest BCUT2D eigenvalue weighted by Gasteiger charge is -1.96. The predicted octanol–water partition coefficient (Wildman–Crippen LogP) is 3.98. The standard InChI is InChI=1S/C18H14N4/c1-3-7-15(8-4-1)19-12-17-11-18(22-14-21-17)13-20-16-9-5-2-6-10-16/h1-14H. The molecule has 0 atom stereocenters. The number of benzene rings is 2. The van der Waals surface area contributed by atoms with Gasteiger partial charge >= 0.3 is 0 Å². The van der Waals surface area contributed by atoms with Gasteiger partial charge in [-0.05, 0) is 30.3 Å². The molecule has 4 nitrogen and oxygen atoms in total. The van der Waals surface area contributed by atoms with Crippen molar-refractivity contribution < 1.29 is 0 Å². The second kappa shape index (κ2) is 7.04. The summed E-state index contributed by atoms with van der Waals surface area (Å²) >= 11 is 0. The van der Waals surface area contributed by atoms with Gasteiger partial charge in [0.2, 0.25) is 0 Å². The molecule has 4 heteroatoms. The number of rotatable bonds is 4. The van der Waals surface area contributed by atoms with Gasteiger partial charge in [-0.3, -0.25) is 9.98 Å². The maximum absolute atomic E-state index is 4.38. The second-order valence-electron chi connectivity index (χ2n) is 4.56. The van der Waals surface area contributed by atoms with Crippen molar-refractivity contribution in [2.75, 3.05) is 0 Å². The van der Waals surface area contributed by atoms with Crippen LogP contribution < -0.4 is 0 Å². The summed E-state index contributed by atoms with van der Waals surface area (Å²) in [5.74, 6) is 0. The van der Waals surface area contributed by atoms with Crippen LogP contribution in [0.15, 0.2) is 83.0 Å². The van der Waals surface area contributed by atoms with Crippen LogP contribution in [0.4, 0.5) is 11.4 Å². The third-order valence-electron chi connectivity index (χ3n) is 2.91. The average Bonchev–Trinajstić information content (AvgIpc) is 2.60. The first kappa shape index (κ1) is 13.8. The van der Waals surface area contributed by atoms with Crippen LogP contribution in [0.3, 0.4) is 0 Å². The molecule has 0 aliphatic rings. The Morgan fingerprint density at radius 1 is 0.636 bits per heavy atom. The number of aromatic nitrogens is 2. The molecule has 1 aromatic heterocycles. The largest absolute Gasteiger partial charge is 0.255 e. The molecule has 0 bridgehead atoms. The fourth-order valence-electron chi connectivity index (χ4n) is 1.84. The SMILES string of the molecule is C(=Nc1ccccc1)c1cc(C=Nc2ccccc2)ncn1. The topological polar surface area (TPSA) is 50.5 Å². The zero-order valence-electron chi connectivity index (χ0n) is 11.9. The van der Waals surface area contributed by atoms with Crippen LogP contribution in [0.1, 0.15) is 11.4 Å². The average molecular weight is 286 g/mol. The van der Waals surface area contributed by atoms with Crippen molar-refractivity contribution in [2.45, 2.75) is 0 Å². The van der Waals surface area contributed by atoms with Gasteiger partial charge in [-0.15, -0.1) is 0 Å². The minimum Gasteiger partial charge on any atom is -0.255 e. The number of nitrogens with zero attached hydrogens (tertiary/aromatic N) is 4. The van der Waals surface area contributed by atoms with Gasteiger partial charge < -0.3 is 0 Å². The van der Waals surface area contributed by atoms with E-state index < -0.39 is 0 Å². The smallest absolute Gasteiger partial charge is 0.116 e. The monoisotopic (exact) mass is 286 g/mol. The van der Waals surface area contributed by atoms with Crippen molar-refractivity contribution in [1.29, 1.82) is 0 Å². The Hall–Kier alpha value is -3.14. The van der Waals surface area contributed by atoms with E-state index in [0.29, 0.717) is 0 Å². The third-order valence-corrected chi connectivity index (χ3v) is 2.91. The van der Waals surface area contributed by atoms with Gasteiger partial charge in [-0.25, -0.2) is 9.97 Å². The molecule has 0 spiro atoms. The van der Waals surface area contributed by atoms with Gasteiger partial charge in [0.25, 0.3) is 0 Å². The normalized spacial score (nSPS) is 11.3. The molecule has 0 radical (unpaired) electrons. The highest BCUT2D eigenvalue weighted by Gasteiger charge is 1.94. The summed E-state index contributed by atoms with van der Waals surface area (Å²) in [7, 11) is 0. The Bertz CT molecular complexity index is 716. The molecule has 0 saturated heterocycles. The highest BCUT2D eigenvalue weighted by Crippen LogP contribution is 2.10. The predicted molar refractivity (Wildman–Crippen MR) is 89.4 cm³/mol. The van der Waals surface area contributed by atoms with Crippen molar-refractivity contribution in [3.05, 3.63) is 84.4 Å². The van der Waals surface area contributed by atoms with Crippen molar-refractivity contribution in [1.82, 2.24) is 9.97 Å². The summed E-state index contributed by atoms with van der Waals surface area (Å²) < 4.78 is 0. The molecule has 3 aromatic rings. The summed E-state index contributed by atoms with van der Waals surface area (Å²) in [5, 5.41) is 0. The molecule has 106 valence electrons. The van der Waals surface area contributed by atoms with Gasteiger partial charge in [0.1, 0.15) is 6.33 Å². The highest BCUT2D eigenvalue weighted by atomic mass is 14.9. The molecule has 0 aliphatic heterocycles. The van der Waals surface area contributed by atoms with Crippen LogP contribution >= 0.6 is 0 Å². The van der Waals surface area contributed by atoms with E-state index in [2.05, 4.69) is 20.0 Å². The fourth-order valence-corrected chi connectivity index (χ4v) is 1.84. The number of hydrogen-bond acceptors (Lipinski definition) is 4. The van der Waals surface area contributed by atoms with Crippen molar-refractivity contribution in [3.8, 4) is 0 Å². The van der Waals surface area contributed by atoms with E-state index in [1.54, 1.807) is 12.4 Å². The van der Waals surface area contributed by atoms with Crippen LogP contribution in [-0.4, -0.2) is 22.4 Å². The van der Waals surface area contributed by atoms with Crippen LogP contribution in [0.25, 0.3) is 0 Å². The molecule has 0 amide bonds. The van der Waals surface area contributed by atoms with Crippen LogP contribution in [0.2, 0.25) is 0 Å². The van der Waals surface area contributed by atoms with Crippen LogP contribution in [0.5, 0.6) is 0 Å². The van der Waals surface area contributed by atoms with Crippen molar-refractivity contribution in [3.63, 3.8) is 0 Å². The summed E-state index contributed by atoms with van der Waals surface area (Å²) in [6, 6.07) is 21.3. The molecule has 0 fully saturated rings. The summed E-state index contributed by atoms with van der Waals surface area (Å²) in [5.41, 5.74) is 3.27. The van der Waals surface area contributed by atoms with Crippen molar-refractivity contribution >= 4 is 23.8 Å². The van der Waals surface area contributed by atoms with E-state index in [-0.39, 0.29) is 0 Å². The lowest BCUT2D eigenvalue weighted by Crippen LogP contribution is -1.94. The van der Waals surface area contributed by atoms with Crippen LogP contribution in [-0.2, 0) is 0 Å². The summed E-state index contributed by atoms with van der Waals surface area (Å²) in [4.78, 5) is 17.1. The number of hydrogen-bond donors (Lipinski definition) is 0. The zero-order chi connectivity index (χ0) is 15.0. The third kappa shape index (κ3) is 3.93. The minimum atomic E-state index is 0.744. The first-order chi connectivity index (χ1) is 10.9. The Balaban J connectivity index is 1.75. The van der Waals surface area contributed by atoms with Gasteiger partial charge in [0, 0.05) is 0 Å². The van der Waals surface area contributed by atoms with E-state index in [1.165, 1.54) is 6.33 Å². The fraction of sp³-hybridized carbons (Fsp3) is 0. The first-order valence-electron chi connectivity index (χ1n) is 6.90. The van der Waals surface area contributed by atoms with E-state index in [0.717, 1.165) is 22.8 Å². The number of para-hydroxylation sites is 2. The Morgan fingerprint density at radius 2 is 1.09 bits per heavy atom. The molecule has 0 saturated carbocycles. The zero-order valence-corrected chi connectivity index (χ0v) is 11.9. The Labute approximate surface area is 129 Å². The van der Waals surface area contributed by atoms with E-state index in [1.807, 2.05) is 66.7 Å². The minimum absolute atomic E-state index is 0.744. The molecule has 3 rings (SSSR count). The van der Waals surface area contributed by atoms with E-state index in [9.17, 15) is 0 Å². The molecule has 0 aliphatic carbocycles. The second-order valence-corrected chi connectivity index (χ2v) is 4.56. The maximum Gasteiger partial charge on any atom is 0.116 e. The first-order valence-corrected chi connectivity index (χ1v) is 6.90. The van der Waals surface area contributed by atoms with Gasteiger partial charge in [-0.2, -0.15) is 0 Å². The Kier molecular flexibility index (Phi) is 4.42. The van der Waals surface area contributed by atoms with Gasteiger partial charge in [0.15, 0.2) is 0 Å². The number of aliphatic imine (C=N–C) groups is 2. The van der Waals surface area contributed by atoms with E-state index >= 15 is 0 Å². The molecule has 2 aromatic carbocycles. The molecule has 0 unspecified atom stereocenters. The van der Waals surface area contributed by atoms with E-state index in [4.69, 9.17) is 0 Å². The van der Waals surface area contributed by atoms with Gasteiger partial charge in [-0.1, -0.05) is 36.4 Å². The molecular formula is C18H14N4. The van der Waals surface area contributed by atoms with Crippen LogP contribution in [0, 0.1) is 0 Å². The Morgan fingerprint density at radius 3 is 1.55 bits per heavy atom. The molecular weight excluding hydrogens is 272 g/mol. The van der Waals surface area contributed by atoms with Gasteiger partial charge in [0.05, 0.1) is 35.2 Å². The lowest BCUT2D eigenvalue weighted by atomic mass is 10.3. The summed E-state index contributed by atoms with van der Waals surface area (Å²) in [6.45, 7) is 0.